The van der Waals surface area contributed by atoms with Crippen LogP contribution < -0.4 is 9.62 Å². The van der Waals surface area contributed by atoms with E-state index in [0.717, 1.165) is 35.6 Å². The third-order valence-electron chi connectivity index (χ3n) is 7.15. The number of carbonyl (C=O) groups is 2. The molecule has 0 unspecified atom stereocenters. The summed E-state index contributed by atoms with van der Waals surface area (Å²) < 4.78 is 43.3. The molecule has 1 saturated carbocycles. The van der Waals surface area contributed by atoms with Gasteiger partial charge in [-0.15, -0.1) is 0 Å². The number of hydrogen-bond donors (Lipinski definition) is 1. The number of carbonyl (C=O) groups excluding carboxylic acids is 2. The van der Waals surface area contributed by atoms with E-state index in [0.29, 0.717) is 5.02 Å². The number of sulfonamides is 1. The minimum Gasteiger partial charge on any atom is -0.352 e. The molecule has 1 fully saturated rings. The van der Waals surface area contributed by atoms with E-state index in [-0.39, 0.29) is 34.6 Å². The fourth-order valence-corrected chi connectivity index (χ4v) is 6.37. The average molecular weight is 586 g/mol. The lowest BCUT2D eigenvalue weighted by atomic mass is 10.1. The van der Waals surface area contributed by atoms with Gasteiger partial charge in [-0.3, -0.25) is 13.9 Å². The number of nitrogens with zero attached hydrogens (tertiary/aromatic N) is 2. The summed E-state index contributed by atoms with van der Waals surface area (Å²) in [6.45, 7) is 2.58. The maximum Gasteiger partial charge on any atom is 0.264 e. The van der Waals surface area contributed by atoms with Crippen molar-refractivity contribution in [2.45, 2.75) is 63.1 Å². The minimum atomic E-state index is -4.21. The lowest BCUT2D eigenvalue weighted by Gasteiger charge is -2.32. The van der Waals surface area contributed by atoms with E-state index in [1.807, 2.05) is 6.92 Å². The molecule has 0 radical (unpaired) electrons. The molecule has 1 N–H and O–H groups in total. The molecule has 3 aromatic carbocycles. The van der Waals surface area contributed by atoms with Crippen molar-refractivity contribution in [2.24, 2.45) is 0 Å². The van der Waals surface area contributed by atoms with Crippen LogP contribution in [0.25, 0.3) is 0 Å². The van der Waals surface area contributed by atoms with Gasteiger partial charge in [0.15, 0.2) is 0 Å². The molecular weight excluding hydrogens is 553 g/mol. The van der Waals surface area contributed by atoms with Gasteiger partial charge >= 0.3 is 0 Å². The van der Waals surface area contributed by atoms with Crippen molar-refractivity contribution in [3.63, 3.8) is 0 Å². The molecule has 0 spiro atoms. The van der Waals surface area contributed by atoms with Gasteiger partial charge in [-0.05, 0) is 63.1 Å². The molecular formula is C30H33ClFN3O4S. The predicted octanol–water partition coefficient (Wildman–Crippen LogP) is 5.46. The first-order chi connectivity index (χ1) is 19.1. The first-order valence-corrected chi connectivity index (χ1v) is 15.1. The van der Waals surface area contributed by atoms with Crippen LogP contribution in [0.1, 0.15) is 43.7 Å². The zero-order valence-corrected chi connectivity index (χ0v) is 24.1. The molecule has 0 bridgehead atoms. The summed E-state index contributed by atoms with van der Waals surface area (Å²) in [6.07, 6.45) is 3.75. The maximum absolute atomic E-state index is 14.7. The third kappa shape index (κ3) is 7.01. The Bertz CT molecular complexity index is 1460. The molecule has 0 saturated heterocycles. The number of anilines is 1. The number of nitrogens with one attached hydrogen (secondary N) is 1. The van der Waals surface area contributed by atoms with Crippen LogP contribution in [-0.2, 0) is 26.2 Å². The molecule has 10 heteroatoms. The van der Waals surface area contributed by atoms with Gasteiger partial charge in [-0.1, -0.05) is 66.4 Å². The third-order valence-corrected chi connectivity index (χ3v) is 9.17. The summed E-state index contributed by atoms with van der Waals surface area (Å²) in [6, 6.07) is 17.5. The number of benzene rings is 3. The van der Waals surface area contributed by atoms with Gasteiger partial charge in [-0.25, -0.2) is 12.8 Å². The zero-order valence-electron chi connectivity index (χ0n) is 22.5. The second-order valence-corrected chi connectivity index (χ2v) is 12.4. The van der Waals surface area contributed by atoms with Crippen LogP contribution in [0, 0.1) is 12.7 Å². The summed E-state index contributed by atoms with van der Waals surface area (Å²) in [7, 11) is -4.21. The summed E-state index contributed by atoms with van der Waals surface area (Å²) in [5.41, 5.74) is 1.28. The Labute approximate surface area is 240 Å². The van der Waals surface area contributed by atoms with Gasteiger partial charge < -0.3 is 10.2 Å². The first-order valence-electron chi connectivity index (χ1n) is 13.2. The Morgan fingerprint density at radius 3 is 2.35 bits per heavy atom. The van der Waals surface area contributed by atoms with Gasteiger partial charge in [0.1, 0.15) is 18.4 Å². The lowest BCUT2D eigenvalue weighted by Crippen LogP contribution is -2.52. The van der Waals surface area contributed by atoms with E-state index in [1.165, 1.54) is 41.3 Å². The number of hydrogen-bond acceptors (Lipinski definition) is 4. The normalized spacial score (nSPS) is 14.5. The smallest absolute Gasteiger partial charge is 0.264 e. The van der Waals surface area contributed by atoms with Crippen LogP contribution in [0.5, 0.6) is 0 Å². The Hall–Kier alpha value is -3.43. The number of aryl methyl sites for hydroxylation is 1. The van der Waals surface area contributed by atoms with Crippen molar-refractivity contribution < 1.29 is 22.4 Å². The van der Waals surface area contributed by atoms with Crippen molar-refractivity contribution in [3.05, 3.63) is 94.8 Å². The summed E-state index contributed by atoms with van der Waals surface area (Å²) in [4.78, 5) is 28.4. The molecule has 7 nitrogen and oxygen atoms in total. The highest BCUT2D eigenvalue weighted by molar-refractivity contribution is 7.92. The second-order valence-electron chi connectivity index (χ2n) is 10.1. The van der Waals surface area contributed by atoms with Gasteiger partial charge in [0.05, 0.1) is 10.6 Å². The van der Waals surface area contributed by atoms with Crippen molar-refractivity contribution >= 4 is 39.1 Å². The van der Waals surface area contributed by atoms with E-state index in [4.69, 9.17) is 11.6 Å². The molecule has 4 rings (SSSR count). The van der Waals surface area contributed by atoms with E-state index in [1.54, 1.807) is 43.3 Å². The standard InChI is InChI=1S/C30H33ClFN3O4S/c1-21-14-16-27(17-15-21)40(38,39)35(26-12-7-9-24(31)18-26)20-29(36)34(19-23-8-3-6-13-28(23)32)22(2)30(37)33-25-10-4-5-11-25/h3,6-9,12-18,22,25H,4-5,10-11,19-20H2,1-2H3,(H,33,37)/t22-/m1/s1. The highest BCUT2D eigenvalue weighted by Gasteiger charge is 2.33. The Kier molecular flexibility index (Phi) is 9.48. The molecule has 3 aromatic rings. The molecule has 0 aliphatic heterocycles. The highest BCUT2D eigenvalue weighted by Crippen LogP contribution is 2.27. The monoisotopic (exact) mass is 585 g/mol. The minimum absolute atomic E-state index is 0.00134. The van der Waals surface area contributed by atoms with Crippen molar-refractivity contribution in [3.8, 4) is 0 Å². The van der Waals surface area contributed by atoms with E-state index >= 15 is 0 Å². The molecule has 40 heavy (non-hydrogen) atoms. The van der Waals surface area contributed by atoms with Crippen LogP contribution in [0.15, 0.2) is 77.7 Å². The van der Waals surface area contributed by atoms with Crippen LogP contribution in [0.4, 0.5) is 10.1 Å². The Morgan fingerprint density at radius 2 is 1.70 bits per heavy atom. The maximum atomic E-state index is 14.7. The molecule has 1 atom stereocenters. The first kappa shape index (κ1) is 29.6. The molecule has 0 aromatic heterocycles. The van der Waals surface area contributed by atoms with Crippen molar-refractivity contribution in [1.29, 1.82) is 0 Å². The Balaban J connectivity index is 1.69. The SMILES string of the molecule is Cc1ccc(S(=O)(=O)N(CC(=O)N(Cc2ccccc2F)[C@H](C)C(=O)NC2CCCC2)c2cccc(Cl)c2)cc1. The fourth-order valence-electron chi connectivity index (χ4n) is 4.78. The zero-order chi connectivity index (χ0) is 28.9. The lowest BCUT2D eigenvalue weighted by molar-refractivity contribution is -0.139. The number of rotatable bonds is 10. The summed E-state index contributed by atoms with van der Waals surface area (Å²) >= 11 is 6.19. The highest BCUT2D eigenvalue weighted by atomic mass is 35.5. The largest absolute Gasteiger partial charge is 0.352 e. The van der Waals surface area contributed by atoms with Gasteiger partial charge in [0.25, 0.3) is 10.0 Å². The fraction of sp³-hybridized carbons (Fsp3) is 0.333. The molecule has 1 aliphatic carbocycles. The molecule has 2 amide bonds. The van der Waals surface area contributed by atoms with Crippen LogP contribution >= 0.6 is 11.6 Å². The molecule has 1 aliphatic rings. The topological polar surface area (TPSA) is 86.8 Å². The average Bonchev–Trinajstić information content (AvgIpc) is 3.44. The van der Waals surface area contributed by atoms with E-state index < -0.39 is 34.3 Å². The number of amides is 2. The molecule has 212 valence electrons. The van der Waals surface area contributed by atoms with Crippen molar-refractivity contribution in [2.75, 3.05) is 10.8 Å². The Morgan fingerprint density at radius 1 is 1.02 bits per heavy atom. The predicted molar refractivity (Wildman–Crippen MR) is 154 cm³/mol. The summed E-state index contributed by atoms with van der Waals surface area (Å²) in [5, 5.41) is 3.29. The van der Waals surface area contributed by atoms with Gasteiger partial charge in [-0.2, -0.15) is 0 Å². The quantitative estimate of drug-likeness (QED) is 0.342. The van der Waals surface area contributed by atoms with Crippen LogP contribution in [0.3, 0.4) is 0 Å². The van der Waals surface area contributed by atoms with Crippen LogP contribution in [-0.4, -0.2) is 43.8 Å². The van der Waals surface area contributed by atoms with E-state index in [9.17, 15) is 22.4 Å². The second kappa shape index (κ2) is 12.8. The van der Waals surface area contributed by atoms with Crippen LogP contribution in [0.2, 0.25) is 5.02 Å². The van der Waals surface area contributed by atoms with Gasteiger partial charge in [0, 0.05) is 23.2 Å². The van der Waals surface area contributed by atoms with Crippen molar-refractivity contribution in [1.82, 2.24) is 10.2 Å². The van der Waals surface area contributed by atoms with Gasteiger partial charge in [0.2, 0.25) is 11.8 Å². The summed E-state index contributed by atoms with van der Waals surface area (Å²) in [5.74, 6) is -1.55. The molecule has 0 heterocycles. The number of halogens is 2. The van der Waals surface area contributed by atoms with E-state index in [2.05, 4.69) is 5.32 Å².